The van der Waals surface area contributed by atoms with E-state index in [1.54, 1.807) is 0 Å². The first-order chi connectivity index (χ1) is 9.61. The van der Waals surface area contributed by atoms with Crippen molar-refractivity contribution in [1.29, 1.82) is 0 Å². The Bertz CT molecular complexity index is 626. The van der Waals surface area contributed by atoms with Crippen molar-refractivity contribution in [2.75, 3.05) is 7.11 Å². The number of nitrogens with zero attached hydrogens (tertiary/aromatic N) is 1. The average molecular weight is 277 g/mol. The van der Waals surface area contributed by atoms with E-state index in [0.29, 0.717) is 5.56 Å². The standard InChI is InChI=1S/C13H12FN3O3/c1-20-13(19)9-3-2-8(6-10(9)14)7-17-12(18)11-15-4-5-16-11/h2-6H,7H2,1H3,(H,15,16)(H,17,18). The van der Waals surface area contributed by atoms with Crippen LogP contribution in [0, 0.1) is 5.82 Å². The van der Waals surface area contributed by atoms with Gasteiger partial charge in [-0.15, -0.1) is 0 Å². The Balaban J connectivity index is 2.02. The van der Waals surface area contributed by atoms with Gasteiger partial charge < -0.3 is 15.0 Å². The van der Waals surface area contributed by atoms with Crippen LogP contribution < -0.4 is 5.32 Å². The fourth-order valence-electron chi connectivity index (χ4n) is 1.60. The number of H-pyrrole nitrogens is 1. The molecule has 0 aliphatic heterocycles. The fraction of sp³-hybridized carbons (Fsp3) is 0.154. The molecule has 2 rings (SSSR count). The van der Waals surface area contributed by atoms with E-state index in [0.717, 1.165) is 0 Å². The quantitative estimate of drug-likeness (QED) is 0.824. The number of ether oxygens (including phenoxy) is 1. The third-order valence-corrected chi connectivity index (χ3v) is 2.61. The van der Waals surface area contributed by atoms with Gasteiger partial charge in [-0.25, -0.2) is 14.2 Å². The smallest absolute Gasteiger partial charge is 0.340 e. The zero-order chi connectivity index (χ0) is 14.5. The Morgan fingerprint density at radius 3 is 2.85 bits per heavy atom. The predicted octanol–water partition coefficient (Wildman–Crippen LogP) is 1.27. The summed E-state index contributed by atoms with van der Waals surface area (Å²) in [5.41, 5.74) is 0.378. The van der Waals surface area contributed by atoms with Crippen molar-refractivity contribution < 1.29 is 18.7 Å². The van der Waals surface area contributed by atoms with Gasteiger partial charge in [0.25, 0.3) is 5.91 Å². The number of hydrogen-bond acceptors (Lipinski definition) is 4. The van der Waals surface area contributed by atoms with Crippen LogP contribution in [0.5, 0.6) is 0 Å². The Morgan fingerprint density at radius 1 is 1.45 bits per heavy atom. The van der Waals surface area contributed by atoms with Crippen LogP contribution in [0.25, 0.3) is 0 Å². The molecular formula is C13H12FN3O3. The Hall–Kier alpha value is -2.70. The van der Waals surface area contributed by atoms with Crippen LogP contribution in [0.3, 0.4) is 0 Å². The van der Waals surface area contributed by atoms with Crippen molar-refractivity contribution in [3.63, 3.8) is 0 Å². The third kappa shape index (κ3) is 3.00. The summed E-state index contributed by atoms with van der Waals surface area (Å²) in [6.07, 6.45) is 2.99. The zero-order valence-corrected chi connectivity index (χ0v) is 10.6. The molecule has 104 valence electrons. The maximum Gasteiger partial charge on any atom is 0.340 e. The number of carbonyl (C=O) groups excluding carboxylic acids is 2. The van der Waals surface area contributed by atoms with Crippen LogP contribution >= 0.6 is 0 Å². The number of carbonyl (C=O) groups is 2. The van der Waals surface area contributed by atoms with Gasteiger partial charge in [-0.05, 0) is 17.7 Å². The lowest BCUT2D eigenvalue weighted by Crippen LogP contribution is -2.24. The Kier molecular flexibility index (Phi) is 4.09. The van der Waals surface area contributed by atoms with Crippen LogP contribution in [-0.2, 0) is 11.3 Å². The number of hydrogen-bond donors (Lipinski definition) is 2. The lowest BCUT2D eigenvalue weighted by Gasteiger charge is -2.06. The summed E-state index contributed by atoms with van der Waals surface area (Å²) in [4.78, 5) is 29.3. The average Bonchev–Trinajstić information content (AvgIpc) is 2.98. The van der Waals surface area contributed by atoms with Crippen molar-refractivity contribution in [2.45, 2.75) is 6.54 Å². The largest absolute Gasteiger partial charge is 0.465 e. The molecule has 0 saturated heterocycles. The lowest BCUT2D eigenvalue weighted by atomic mass is 10.1. The number of nitrogens with one attached hydrogen (secondary N) is 2. The summed E-state index contributed by atoms with van der Waals surface area (Å²) in [6.45, 7) is 0.123. The Morgan fingerprint density at radius 2 is 2.25 bits per heavy atom. The number of aromatic amines is 1. The second-order valence-electron chi connectivity index (χ2n) is 3.93. The monoisotopic (exact) mass is 277 g/mol. The van der Waals surface area contributed by atoms with Gasteiger partial charge in [0.1, 0.15) is 5.82 Å². The van der Waals surface area contributed by atoms with E-state index in [2.05, 4.69) is 20.0 Å². The molecule has 0 atom stereocenters. The summed E-state index contributed by atoms with van der Waals surface area (Å²) in [7, 11) is 1.18. The van der Waals surface area contributed by atoms with Gasteiger partial charge in [0, 0.05) is 18.9 Å². The number of amides is 1. The molecule has 0 bridgehead atoms. The third-order valence-electron chi connectivity index (χ3n) is 2.61. The molecule has 1 aromatic carbocycles. The molecule has 1 aromatic heterocycles. The summed E-state index contributed by atoms with van der Waals surface area (Å²) >= 11 is 0. The van der Waals surface area contributed by atoms with Gasteiger partial charge in [-0.1, -0.05) is 6.07 Å². The van der Waals surface area contributed by atoms with E-state index in [1.165, 1.54) is 37.7 Å². The van der Waals surface area contributed by atoms with Crippen LogP contribution in [0.15, 0.2) is 30.6 Å². The van der Waals surface area contributed by atoms with Gasteiger partial charge in [0.05, 0.1) is 12.7 Å². The number of imidazole rings is 1. The molecule has 0 spiro atoms. The van der Waals surface area contributed by atoms with Crippen molar-refractivity contribution in [2.24, 2.45) is 0 Å². The SMILES string of the molecule is COC(=O)c1ccc(CNC(=O)c2ncc[nH]2)cc1F. The van der Waals surface area contributed by atoms with Crippen molar-refractivity contribution in [3.8, 4) is 0 Å². The molecule has 6 nitrogen and oxygen atoms in total. The molecule has 7 heteroatoms. The van der Waals surface area contributed by atoms with Crippen molar-refractivity contribution >= 4 is 11.9 Å². The topological polar surface area (TPSA) is 84.1 Å². The van der Waals surface area contributed by atoms with Gasteiger partial charge in [-0.3, -0.25) is 4.79 Å². The molecule has 20 heavy (non-hydrogen) atoms. The highest BCUT2D eigenvalue weighted by Gasteiger charge is 2.13. The predicted molar refractivity (Wildman–Crippen MR) is 67.5 cm³/mol. The number of benzene rings is 1. The molecule has 0 radical (unpaired) electrons. The van der Waals surface area contributed by atoms with E-state index in [4.69, 9.17) is 0 Å². The maximum absolute atomic E-state index is 13.7. The molecule has 0 unspecified atom stereocenters. The maximum atomic E-state index is 13.7. The number of aromatic nitrogens is 2. The number of esters is 1. The summed E-state index contributed by atoms with van der Waals surface area (Å²) in [6, 6.07) is 4.03. The first kappa shape index (κ1) is 13.7. The van der Waals surface area contributed by atoms with Gasteiger partial charge in [-0.2, -0.15) is 0 Å². The summed E-state index contributed by atoms with van der Waals surface area (Å²) in [5, 5.41) is 2.58. The molecule has 0 aliphatic carbocycles. The fourth-order valence-corrected chi connectivity index (χ4v) is 1.60. The minimum Gasteiger partial charge on any atom is -0.465 e. The van der Waals surface area contributed by atoms with Crippen molar-refractivity contribution in [1.82, 2.24) is 15.3 Å². The second kappa shape index (κ2) is 5.96. The van der Waals surface area contributed by atoms with E-state index >= 15 is 0 Å². The van der Waals surface area contributed by atoms with Crippen molar-refractivity contribution in [3.05, 3.63) is 53.4 Å². The highest BCUT2D eigenvalue weighted by Crippen LogP contribution is 2.11. The molecule has 2 aromatic rings. The van der Waals surface area contributed by atoms with Crippen LogP contribution in [0.2, 0.25) is 0 Å². The zero-order valence-electron chi connectivity index (χ0n) is 10.6. The lowest BCUT2D eigenvalue weighted by molar-refractivity contribution is 0.0595. The molecular weight excluding hydrogens is 265 g/mol. The molecule has 0 saturated carbocycles. The number of methoxy groups -OCH3 is 1. The van der Waals surface area contributed by atoms with E-state index in [-0.39, 0.29) is 17.9 Å². The molecule has 1 amide bonds. The number of rotatable bonds is 4. The minimum absolute atomic E-state index is 0.123. The first-order valence-corrected chi connectivity index (χ1v) is 5.76. The van der Waals surface area contributed by atoms with Crippen LogP contribution in [-0.4, -0.2) is 29.0 Å². The van der Waals surface area contributed by atoms with E-state index in [1.807, 2.05) is 0 Å². The Labute approximate surface area is 114 Å². The van der Waals surface area contributed by atoms with Gasteiger partial charge in [0.2, 0.25) is 0 Å². The van der Waals surface area contributed by atoms with E-state index < -0.39 is 17.7 Å². The minimum atomic E-state index is -0.742. The van der Waals surface area contributed by atoms with Crippen LogP contribution in [0.1, 0.15) is 26.5 Å². The number of halogens is 1. The second-order valence-corrected chi connectivity index (χ2v) is 3.93. The van der Waals surface area contributed by atoms with E-state index in [9.17, 15) is 14.0 Å². The summed E-state index contributed by atoms with van der Waals surface area (Å²) in [5.74, 6) is -1.65. The van der Waals surface area contributed by atoms with Gasteiger partial charge in [0.15, 0.2) is 5.82 Å². The molecule has 0 fully saturated rings. The summed E-state index contributed by atoms with van der Waals surface area (Å²) < 4.78 is 18.1. The highest BCUT2D eigenvalue weighted by atomic mass is 19.1. The molecule has 0 aliphatic rings. The molecule has 2 N–H and O–H groups in total. The highest BCUT2D eigenvalue weighted by molar-refractivity contribution is 5.90. The van der Waals surface area contributed by atoms with Crippen LogP contribution in [0.4, 0.5) is 4.39 Å². The van der Waals surface area contributed by atoms with Gasteiger partial charge >= 0.3 is 5.97 Å². The first-order valence-electron chi connectivity index (χ1n) is 5.76. The molecule has 1 heterocycles. The normalized spacial score (nSPS) is 10.1.